The molecule has 0 saturated carbocycles. The number of nitrogens with zero attached hydrogens (tertiary/aromatic N) is 4. The average Bonchev–Trinajstić information content (AvgIpc) is 3.45. The van der Waals surface area contributed by atoms with E-state index in [0.29, 0.717) is 24.5 Å². The van der Waals surface area contributed by atoms with Gasteiger partial charge < -0.3 is 10.2 Å². The number of hydrogen-bond acceptors (Lipinski definition) is 7. The number of thiazole rings is 2. The van der Waals surface area contributed by atoms with Crippen molar-refractivity contribution in [2.24, 2.45) is 0 Å². The molecular weight excluding hydrogens is 454 g/mol. The van der Waals surface area contributed by atoms with Gasteiger partial charge in [-0.1, -0.05) is 18.2 Å². The fourth-order valence-electron chi connectivity index (χ4n) is 4.17. The number of rotatable bonds is 4. The van der Waals surface area contributed by atoms with Crippen LogP contribution in [-0.4, -0.2) is 44.8 Å². The molecule has 1 aromatic carbocycles. The Labute approximate surface area is 199 Å². The number of fused-ring (bicyclic) bond motifs is 1. The number of anilines is 1. The molecular formula is C24H23N5O2S2. The van der Waals surface area contributed by atoms with E-state index >= 15 is 0 Å². The lowest BCUT2D eigenvalue weighted by Gasteiger charge is -2.30. The Balaban J connectivity index is 1.23. The van der Waals surface area contributed by atoms with Crippen molar-refractivity contribution in [1.82, 2.24) is 19.9 Å². The normalized spacial score (nSPS) is 14.5. The van der Waals surface area contributed by atoms with E-state index in [1.807, 2.05) is 54.5 Å². The highest BCUT2D eigenvalue weighted by Gasteiger charge is 2.28. The molecule has 33 heavy (non-hydrogen) atoms. The van der Waals surface area contributed by atoms with E-state index in [-0.39, 0.29) is 17.7 Å². The Hall–Kier alpha value is -3.17. The summed E-state index contributed by atoms with van der Waals surface area (Å²) in [7, 11) is 0. The van der Waals surface area contributed by atoms with Crippen molar-refractivity contribution in [3.63, 3.8) is 0 Å². The first-order valence-electron chi connectivity index (χ1n) is 10.8. The molecule has 4 heterocycles. The Bertz CT molecular complexity index is 1330. The molecule has 7 nitrogen and oxygen atoms in total. The number of pyridine rings is 1. The van der Waals surface area contributed by atoms with Crippen LogP contribution in [0.3, 0.4) is 0 Å². The summed E-state index contributed by atoms with van der Waals surface area (Å²) in [4.78, 5) is 41.7. The van der Waals surface area contributed by atoms with Gasteiger partial charge in [0.05, 0.1) is 26.9 Å². The van der Waals surface area contributed by atoms with Gasteiger partial charge >= 0.3 is 0 Å². The van der Waals surface area contributed by atoms with E-state index in [1.165, 1.54) is 22.7 Å². The monoisotopic (exact) mass is 477 g/mol. The number of carbonyl (C=O) groups excluding carboxylic acids is 2. The van der Waals surface area contributed by atoms with Gasteiger partial charge in [0.25, 0.3) is 11.8 Å². The van der Waals surface area contributed by atoms with Crippen molar-refractivity contribution in [1.29, 1.82) is 0 Å². The Morgan fingerprint density at radius 1 is 1.09 bits per heavy atom. The number of aryl methyl sites for hydroxylation is 2. The molecule has 4 aromatic rings. The summed E-state index contributed by atoms with van der Waals surface area (Å²) in [5.41, 5.74) is 2.65. The van der Waals surface area contributed by atoms with E-state index < -0.39 is 0 Å². The second-order valence-corrected chi connectivity index (χ2v) is 10.2. The second-order valence-electron chi connectivity index (χ2n) is 8.12. The third-order valence-electron chi connectivity index (χ3n) is 5.86. The Kier molecular flexibility index (Phi) is 5.90. The van der Waals surface area contributed by atoms with Crippen molar-refractivity contribution in [2.75, 3.05) is 18.4 Å². The highest BCUT2D eigenvalue weighted by Crippen LogP contribution is 2.32. The van der Waals surface area contributed by atoms with Crippen LogP contribution < -0.4 is 5.32 Å². The van der Waals surface area contributed by atoms with Gasteiger partial charge in [-0.2, -0.15) is 0 Å². The molecule has 0 aliphatic carbocycles. The average molecular weight is 478 g/mol. The number of benzene rings is 1. The van der Waals surface area contributed by atoms with Crippen LogP contribution in [-0.2, 0) is 0 Å². The first-order valence-corrected chi connectivity index (χ1v) is 12.5. The number of hydrogen-bond donors (Lipinski definition) is 1. The van der Waals surface area contributed by atoms with Gasteiger partial charge in [0.15, 0.2) is 0 Å². The van der Waals surface area contributed by atoms with Crippen LogP contribution in [0.4, 0.5) is 5.69 Å². The third kappa shape index (κ3) is 4.38. The SMILES string of the molecule is Cc1nc(C)c(C(=O)N2CCC(c3nc(C(=O)Nc4cccc5cccnc45)cs3)CC2)s1. The van der Waals surface area contributed by atoms with Crippen LogP contribution in [0, 0.1) is 13.8 Å². The number of para-hydroxylation sites is 1. The van der Waals surface area contributed by atoms with Gasteiger partial charge in [0.2, 0.25) is 0 Å². The molecule has 0 spiro atoms. The number of aromatic nitrogens is 3. The number of nitrogens with one attached hydrogen (secondary N) is 1. The van der Waals surface area contributed by atoms with Crippen molar-refractivity contribution in [3.05, 3.63) is 68.2 Å². The predicted octanol–water partition coefficient (Wildman–Crippen LogP) is 5.04. The minimum atomic E-state index is -0.237. The maximum atomic E-state index is 12.9. The minimum Gasteiger partial charge on any atom is -0.338 e. The van der Waals surface area contributed by atoms with Gasteiger partial charge in [-0.3, -0.25) is 14.6 Å². The fourth-order valence-corrected chi connectivity index (χ4v) is 6.03. The molecule has 2 amide bonds. The molecule has 0 unspecified atom stereocenters. The van der Waals surface area contributed by atoms with Gasteiger partial charge in [-0.15, -0.1) is 22.7 Å². The summed E-state index contributed by atoms with van der Waals surface area (Å²) in [5.74, 6) is 0.0860. The molecule has 0 bridgehead atoms. The van der Waals surface area contributed by atoms with E-state index in [0.717, 1.165) is 44.3 Å². The molecule has 1 N–H and O–H groups in total. The predicted molar refractivity (Wildman–Crippen MR) is 131 cm³/mol. The molecule has 5 rings (SSSR count). The van der Waals surface area contributed by atoms with Crippen molar-refractivity contribution in [2.45, 2.75) is 32.6 Å². The van der Waals surface area contributed by atoms with Crippen molar-refractivity contribution >= 4 is 51.1 Å². The lowest BCUT2D eigenvalue weighted by Crippen LogP contribution is -2.37. The van der Waals surface area contributed by atoms with Crippen LogP contribution in [0.25, 0.3) is 10.9 Å². The summed E-state index contributed by atoms with van der Waals surface area (Å²) in [6, 6.07) is 9.55. The first kappa shape index (κ1) is 21.7. The summed E-state index contributed by atoms with van der Waals surface area (Å²) < 4.78 is 0. The standard InChI is InChI=1S/C24H23N5O2S2/c1-14-21(33-15(2)26-14)24(31)29-11-8-17(9-12-29)23-28-19(13-32-23)22(30)27-18-7-3-5-16-6-4-10-25-20(16)18/h3-7,10,13,17H,8-9,11-12H2,1-2H3,(H,27,30). The second kappa shape index (κ2) is 8.99. The summed E-state index contributed by atoms with van der Waals surface area (Å²) in [6.45, 7) is 5.18. The van der Waals surface area contributed by atoms with Crippen molar-refractivity contribution in [3.8, 4) is 0 Å². The van der Waals surface area contributed by atoms with Gasteiger partial charge in [-0.25, -0.2) is 9.97 Å². The molecule has 0 atom stereocenters. The van der Waals surface area contributed by atoms with Crippen LogP contribution >= 0.6 is 22.7 Å². The molecule has 1 saturated heterocycles. The van der Waals surface area contributed by atoms with E-state index in [9.17, 15) is 9.59 Å². The lowest BCUT2D eigenvalue weighted by molar-refractivity contribution is 0.0717. The quantitative estimate of drug-likeness (QED) is 0.445. The smallest absolute Gasteiger partial charge is 0.275 e. The summed E-state index contributed by atoms with van der Waals surface area (Å²) in [5, 5.41) is 7.60. The van der Waals surface area contributed by atoms with Crippen LogP contribution in [0.1, 0.15) is 54.6 Å². The highest BCUT2D eigenvalue weighted by atomic mass is 32.1. The number of piperidine rings is 1. The molecule has 9 heteroatoms. The van der Waals surface area contributed by atoms with Crippen LogP contribution in [0.15, 0.2) is 41.9 Å². The highest BCUT2D eigenvalue weighted by molar-refractivity contribution is 7.13. The zero-order valence-electron chi connectivity index (χ0n) is 18.4. The third-order valence-corrected chi connectivity index (χ3v) is 7.93. The minimum absolute atomic E-state index is 0.0689. The number of likely N-dealkylation sites (tertiary alicyclic amines) is 1. The zero-order valence-corrected chi connectivity index (χ0v) is 20.0. The molecule has 1 aliphatic heterocycles. The molecule has 1 aliphatic rings. The van der Waals surface area contributed by atoms with Gasteiger partial charge in [-0.05, 0) is 38.8 Å². The van der Waals surface area contributed by atoms with Gasteiger partial charge in [0, 0.05) is 36.0 Å². The van der Waals surface area contributed by atoms with E-state index in [2.05, 4.69) is 20.3 Å². The van der Waals surface area contributed by atoms with Crippen LogP contribution in [0.5, 0.6) is 0 Å². The largest absolute Gasteiger partial charge is 0.338 e. The molecule has 168 valence electrons. The first-order chi connectivity index (χ1) is 16.0. The fraction of sp³-hybridized carbons (Fsp3) is 0.292. The molecule has 1 fully saturated rings. The van der Waals surface area contributed by atoms with Gasteiger partial charge in [0.1, 0.15) is 10.6 Å². The molecule has 0 radical (unpaired) electrons. The number of carbonyl (C=O) groups is 2. The maximum absolute atomic E-state index is 12.9. The number of amides is 2. The summed E-state index contributed by atoms with van der Waals surface area (Å²) >= 11 is 2.97. The maximum Gasteiger partial charge on any atom is 0.275 e. The lowest BCUT2D eigenvalue weighted by atomic mass is 9.97. The topological polar surface area (TPSA) is 88.1 Å². The van der Waals surface area contributed by atoms with E-state index in [4.69, 9.17) is 0 Å². The molecule has 3 aromatic heterocycles. The van der Waals surface area contributed by atoms with E-state index in [1.54, 1.807) is 6.20 Å². The Morgan fingerprint density at radius 2 is 1.88 bits per heavy atom. The van der Waals surface area contributed by atoms with Crippen LogP contribution in [0.2, 0.25) is 0 Å². The van der Waals surface area contributed by atoms with Crippen molar-refractivity contribution < 1.29 is 9.59 Å². The summed E-state index contributed by atoms with van der Waals surface area (Å²) in [6.07, 6.45) is 3.39. The zero-order chi connectivity index (χ0) is 22.9. The Morgan fingerprint density at radius 3 is 2.64 bits per heavy atom.